The standard InChI is InChI=1S/C10H7F6NO2/c11-8(9(12,13)14)10(15,16)19-6-4-2-1-3-5(6)7(17)18/h1-4,8H,(H2,17,18). The molecule has 0 heterocycles. The van der Waals surface area contributed by atoms with Gasteiger partial charge in [0.25, 0.3) is 12.1 Å². The Bertz CT molecular complexity index is 473. The van der Waals surface area contributed by atoms with Crippen molar-refractivity contribution in [2.45, 2.75) is 18.5 Å². The van der Waals surface area contributed by atoms with Crippen molar-refractivity contribution in [1.82, 2.24) is 0 Å². The molecule has 0 aliphatic heterocycles. The van der Waals surface area contributed by atoms with Gasteiger partial charge in [-0.3, -0.25) is 4.79 Å². The minimum atomic E-state index is -5.80. The Morgan fingerprint density at radius 3 is 2.16 bits per heavy atom. The van der Waals surface area contributed by atoms with Crippen LogP contribution in [0.25, 0.3) is 0 Å². The molecule has 0 saturated carbocycles. The third-order valence-corrected chi connectivity index (χ3v) is 1.98. The first kappa shape index (κ1) is 15.1. The van der Waals surface area contributed by atoms with Gasteiger partial charge in [-0.25, -0.2) is 4.39 Å². The normalized spacial score (nSPS) is 14.0. The minimum Gasteiger partial charge on any atom is -0.429 e. The van der Waals surface area contributed by atoms with Crippen LogP contribution >= 0.6 is 0 Å². The summed E-state index contributed by atoms with van der Waals surface area (Å²) in [5.41, 5.74) is 4.23. The summed E-state index contributed by atoms with van der Waals surface area (Å²) in [5.74, 6) is -2.14. The van der Waals surface area contributed by atoms with E-state index in [4.69, 9.17) is 5.73 Å². The van der Waals surface area contributed by atoms with Gasteiger partial charge >= 0.3 is 12.3 Å². The molecule has 106 valence electrons. The lowest BCUT2D eigenvalue weighted by Crippen LogP contribution is -2.45. The van der Waals surface area contributed by atoms with Crippen molar-refractivity contribution in [3.8, 4) is 5.75 Å². The van der Waals surface area contributed by atoms with Crippen LogP contribution in [0.4, 0.5) is 26.3 Å². The van der Waals surface area contributed by atoms with Gasteiger partial charge in [-0.1, -0.05) is 12.1 Å². The number of benzene rings is 1. The third kappa shape index (κ3) is 3.52. The van der Waals surface area contributed by atoms with E-state index in [2.05, 4.69) is 4.74 Å². The predicted molar refractivity (Wildman–Crippen MR) is 51.5 cm³/mol. The number of rotatable bonds is 4. The fourth-order valence-electron chi connectivity index (χ4n) is 1.15. The van der Waals surface area contributed by atoms with Crippen LogP contribution in [0.3, 0.4) is 0 Å². The number of hydrogen-bond donors (Lipinski definition) is 1. The summed E-state index contributed by atoms with van der Waals surface area (Å²) in [6.07, 6.45) is -15.5. The van der Waals surface area contributed by atoms with Gasteiger partial charge in [0, 0.05) is 0 Å². The molecule has 1 aromatic rings. The van der Waals surface area contributed by atoms with Crippen LogP contribution in [-0.4, -0.2) is 24.4 Å². The van der Waals surface area contributed by atoms with Crippen LogP contribution in [0.1, 0.15) is 10.4 Å². The fraction of sp³-hybridized carbons (Fsp3) is 0.300. The van der Waals surface area contributed by atoms with Crippen LogP contribution in [0.2, 0.25) is 0 Å². The van der Waals surface area contributed by atoms with E-state index in [1.54, 1.807) is 0 Å². The first-order valence-corrected chi connectivity index (χ1v) is 4.72. The number of halogens is 6. The summed E-state index contributed by atoms with van der Waals surface area (Å²) in [7, 11) is 0. The maximum Gasteiger partial charge on any atom is 0.439 e. The highest BCUT2D eigenvalue weighted by molar-refractivity contribution is 5.95. The first-order valence-electron chi connectivity index (χ1n) is 4.72. The first-order chi connectivity index (χ1) is 8.55. The van der Waals surface area contributed by atoms with E-state index in [1.165, 1.54) is 6.07 Å². The number of nitrogens with two attached hydrogens (primary N) is 1. The van der Waals surface area contributed by atoms with Crippen LogP contribution < -0.4 is 10.5 Å². The molecule has 1 aromatic carbocycles. The molecular formula is C10H7F6NO2. The lowest BCUT2D eigenvalue weighted by atomic mass is 10.2. The van der Waals surface area contributed by atoms with Gasteiger partial charge in [0.1, 0.15) is 5.75 Å². The van der Waals surface area contributed by atoms with E-state index in [9.17, 15) is 31.1 Å². The Hall–Kier alpha value is -1.93. The predicted octanol–water partition coefficient (Wildman–Crippen LogP) is 2.66. The van der Waals surface area contributed by atoms with Gasteiger partial charge in [0.2, 0.25) is 0 Å². The topological polar surface area (TPSA) is 52.3 Å². The number of hydrogen-bond acceptors (Lipinski definition) is 2. The Morgan fingerprint density at radius 2 is 1.68 bits per heavy atom. The van der Waals surface area contributed by atoms with Crippen molar-refractivity contribution < 1.29 is 35.9 Å². The van der Waals surface area contributed by atoms with Crippen molar-refractivity contribution in [1.29, 1.82) is 0 Å². The number of amides is 1. The second-order valence-corrected chi connectivity index (χ2v) is 3.43. The molecule has 19 heavy (non-hydrogen) atoms. The van der Waals surface area contributed by atoms with Crippen LogP contribution in [0.5, 0.6) is 5.75 Å². The molecule has 0 bridgehead atoms. The summed E-state index contributed by atoms with van der Waals surface area (Å²) in [4.78, 5) is 10.9. The van der Waals surface area contributed by atoms with E-state index in [0.29, 0.717) is 0 Å². The molecule has 0 aromatic heterocycles. The molecule has 3 nitrogen and oxygen atoms in total. The number of ether oxygens (including phenoxy) is 1. The summed E-state index contributed by atoms with van der Waals surface area (Å²) in [6, 6.07) is 4.06. The van der Waals surface area contributed by atoms with Crippen LogP contribution in [-0.2, 0) is 0 Å². The molecule has 9 heteroatoms. The van der Waals surface area contributed by atoms with Gasteiger partial charge in [-0.05, 0) is 12.1 Å². The molecule has 1 rings (SSSR count). The summed E-state index contributed by atoms with van der Waals surface area (Å²) < 4.78 is 77.8. The number of carbonyl (C=O) groups is 1. The zero-order valence-corrected chi connectivity index (χ0v) is 9.05. The SMILES string of the molecule is NC(=O)c1ccccc1OC(F)(F)C(F)C(F)(F)F. The maximum absolute atomic E-state index is 13.0. The highest BCUT2D eigenvalue weighted by atomic mass is 19.4. The largest absolute Gasteiger partial charge is 0.439 e. The summed E-state index contributed by atoms with van der Waals surface area (Å²) in [6.45, 7) is 0. The molecule has 2 N–H and O–H groups in total. The molecule has 0 spiro atoms. The fourth-order valence-corrected chi connectivity index (χ4v) is 1.15. The minimum absolute atomic E-state index is 0.587. The Morgan fingerprint density at radius 1 is 1.16 bits per heavy atom. The van der Waals surface area contributed by atoms with Crippen molar-refractivity contribution in [3.05, 3.63) is 29.8 Å². The van der Waals surface area contributed by atoms with E-state index in [-0.39, 0.29) is 0 Å². The van der Waals surface area contributed by atoms with E-state index >= 15 is 0 Å². The van der Waals surface area contributed by atoms with Gasteiger partial charge in [-0.15, -0.1) is 0 Å². The summed E-state index contributed by atoms with van der Waals surface area (Å²) in [5, 5.41) is 0. The van der Waals surface area contributed by atoms with Crippen LogP contribution in [0.15, 0.2) is 24.3 Å². The summed E-state index contributed by atoms with van der Waals surface area (Å²) >= 11 is 0. The number of alkyl halides is 6. The smallest absolute Gasteiger partial charge is 0.429 e. The Balaban J connectivity index is 3.05. The molecule has 0 aliphatic rings. The third-order valence-electron chi connectivity index (χ3n) is 1.98. The average molecular weight is 287 g/mol. The van der Waals surface area contributed by atoms with Gasteiger partial charge in [0.15, 0.2) is 0 Å². The monoisotopic (exact) mass is 287 g/mol. The zero-order valence-electron chi connectivity index (χ0n) is 9.05. The second kappa shape index (κ2) is 4.98. The van der Waals surface area contributed by atoms with E-state index in [1.807, 2.05) is 0 Å². The highest BCUT2D eigenvalue weighted by Gasteiger charge is 2.59. The molecule has 0 saturated heterocycles. The molecule has 1 unspecified atom stereocenters. The Labute approximate surface area is 102 Å². The average Bonchev–Trinajstić information content (AvgIpc) is 2.26. The quantitative estimate of drug-likeness (QED) is 0.865. The zero-order chi connectivity index (χ0) is 14.8. The molecule has 1 atom stereocenters. The van der Waals surface area contributed by atoms with Crippen molar-refractivity contribution in [3.63, 3.8) is 0 Å². The van der Waals surface area contributed by atoms with Crippen molar-refractivity contribution >= 4 is 5.91 Å². The van der Waals surface area contributed by atoms with Crippen molar-refractivity contribution in [2.24, 2.45) is 5.73 Å². The van der Waals surface area contributed by atoms with Gasteiger partial charge in [0.05, 0.1) is 5.56 Å². The lowest BCUT2D eigenvalue weighted by Gasteiger charge is -2.23. The lowest BCUT2D eigenvalue weighted by molar-refractivity contribution is -0.305. The maximum atomic E-state index is 13.0. The number of primary amides is 1. The van der Waals surface area contributed by atoms with Gasteiger partial charge < -0.3 is 10.5 Å². The Kier molecular flexibility index (Phi) is 3.97. The molecular weight excluding hydrogens is 280 g/mol. The van der Waals surface area contributed by atoms with Crippen molar-refractivity contribution in [2.75, 3.05) is 0 Å². The van der Waals surface area contributed by atoms with E-state index < -0.39 is 35.7 Å². The number of para-hydroxylation sites is 1. The van der Waals surface area contributed by atoms with Crippen LogP contribution in [0, 0.1) is 0 Å². The highest BCUT2D eigenvalue weighted by Crippen LogP contribution is 2.37. The molecule has 1 amide bonds. The molecule has 0 radical (unpaired) electrons. The molecule has 0 aliphatic carbocycles. The van der Waals surface area contributed by atoms with Gasteiger partial charge in [-0.2, -0.15) is 22.0 Å². The van der Waals surface area contributed by atoms with E-state index in [0.717, 1.165) is 18.2 Å². The molecule has 0 fully saturated rings. The second-order valence-electron chi connectivity index (χ2n) is 3.43. The number of carbonyl (C=O) groups excluding carboxylic acids is 1.